The maximum Gasteiger partial charge on any atom is 0.310 e. The number of benzene rings is 3. The summed E-state index contributed by atoms with van der Waals surface area (Å²) in [6.45, 7) is 8.74. The standard InChI is InChI=1S/C42H42FN3O4S/c1-5-6-26-7-11-28(12-8-26)30-15-16-34(35(43)20-30)32-22-44-39(45-23-32)29-13-9-27(10-14-29)19-31(40(48)46-24-33(25-46)41(49)50)21-36(47)37-17-18-38(51-37)42(2,3)4/h7-18,20,22-23,31,33H,5-6,19,21,24-25H2,1-4H3,(H,49,50)/t31-/m1/s1. The van der Waals surface area contributed by atoms with Gasteiger partial charge in [0.2, 0.25) is 5.91 Å². The fourth-order valence-electron chi connectivity index (χ4n) is 6.31. The Hall–Kier alpha value is -5.02. The molecule has 3 aromatic carbocycles. The Balaban J connectivity index is 1.14. The highest BCUT2D eigenvalue weighted by Gasteiger charge is 2.39. The van der Waals surface area contributed by atoms with Crippen molar-refractivity contribution in [2.24, 2.45) is 11.8 Å². The predicted molar refractivity (Wildman–Crippen MR) is 199 cm³/mol. The average Bonchev–Trinajstić information content (AvgIpc) is 3.60. The molecule has 7 nitrogen and oxygen atoms in total. The third kappa shape index (κ3) is 8.31. The molecular weight excluding hydrogens is 662 g/mol. The maximum absolute atomic E-state index is 15.3. The molecule has 9 heteroatoms. The van der Waals surface area contributed by atoms with Crippen molar-refractivity contribution < 1.29 is 23.9 Å². The summed E-state index contributed by atoms with van der Waals surface area (Å²) in [5.41, 5.74) is 5.55. The molecule has 0 unspecified atom stereocenters. The van der Waals surface area contributed by atoms with E-state index < -0.39 is 17.8 Å². The van der Waals surface area contributed by atoms with Gasteiger partial charge >= 0.3 is 5.97 Å². The van der Waals surface area contributed by atoms with Crippen molar-refractivity contribution in [2.45, 2.75) is 58.8 Å². The van der Waals surface area contributed by atoms with Crippen LogP contribution in [0.25, 0.3) is 33.6 Å². The number of likely N-dealkylation sites (tertiary alicyclic amines) is 1. The number of halogens is 1. The molecule has 0 spiro atoms. The monoisotopic (exact) mass is 703 g/mol. The number of amides is 1. The van der Waals surface area contributed by atoms with Crippen LogP contribution in [0.4, 0.5) is 4.39 Å². The highest BCUT2D eigenvalue weighted by Crippen LogP contribution is 2.32. The Labute approximate surface area is 302 Å². The average molecular weight is 704 g/mol. The minimum Gasteiger partial charge on any atom is -0.481 e. The fraction of sp³-hybridized carbons (Fsp3) is 0.310. The number of hydrogen-bond donors (Lipinski definition) is 1. The third-order valence-electron chi connectivity index (χ3n) is 9.40. The summed E-state index contributed by atoms with van der Waals surface area (Å²) in [5.74, 6) is -2.30. The molecule has 1 fully saturated rings. The number of Topliss-reactive ketones (excluding diaryl/α,β-unsaturated/α-hetero) is 1. The minimum atomic E-state index is -0.919. The van der Waals surface area contributed by atoms with Gasteiger partial charge in [-0.3, -0.25) is 14.4 Å². The number of thiophene rings is 1. The molecule has 0 aliphatic carbocycles. The highest BCUT2D eigenvalue weighted by atomic mass is 32.1. The number of aromatic nitrogens is 2. The summed E-state index contributed by atoms with van der Waals surface area (Å²) in [7, 11) is 0. The van der Waals surface area contributed by atoms with Crippen molar-refractivity contribution in [2.75, 3.05) is 13.1 Å². The number of hydrogen-bond acceptors (Lipinski definition) is 6. The van der Waals surface area contributed by atoms with Gasteiger partial charge in [-0.2, -0.15) is 0 Å². The molecular formula is C42H42FN3O4S. The first-order valence-electron chi connectivity index (χ1n) is 17.3. The predicted octanol–water partition coefficient (Wildman–Crippen LogP) is 8.90. The van der Waals surface area contributed by atoms with Crippen molar-refractivity contribution in [1.29, 1.82) is 0 Å². The van der Waals surface area contributed by atoms with Gasteiger partial charge in [0.1, 0.15) is 5.82 Å². The van der Waals surface area contributed by atoms with Crippen LogP contribution in [0.5, 0.6) is 0 Å². The van der Waals surface area contributed by atoms with E-state index in [1.165, 1.54) is 21.8 Å². The lowest BCUT2D eigenvalue weighted by Crippen LogP contribution is -2.55. The van der Waals surface area contributed by atoms with Crippen LogP contribution in [0.1, 0.15) is 66.2 Å². The van der Waals surface area contributed by atoms with Gasteiger partial charge in [0.05, 0.1) is 10.8 Å². The molecule has 262 valence electrons. The minimum absolute atomic E-state index is 0.0340. The van der Waals surface area contributed by atoms with Gasteiger partial charge in [-0.25, -0.2) is 14.4 Å². The van der Waals surface area contributed by atoms with Crippen LogP contribution in [0, 0.1) is 17.7 Å². The quantitative estimate of drug-likeness (QED) is 0.130. The summed E-state index contributed by atoms with van der Waals surface area (Å²) in [5, 5.41) is 9.33. The number of carbonyl (C=O) groups excluding carboxylic acids is 2. The Morgan fingerprint density at radius 2 is 1.49 bits per heavy atom. The van der Waals surface area contributed by atoms with Gasteiger partial charge in [-0.15, -0.1) is 11.3 Å². The van der Waals surface area contributed by atoms with E-state index in [9.17, 15) is 19.5 Å². The van der Waals surface area contributed by atoms with Crippen molar-refractivity contribution in [3.8, 4) is 33.6 Å². The smallest absolute Gasteiger partial charge is 0.310 e. The van der Waals surface area contributed by atoms with E-state index in [2.05, 4.69) is 49.8 Å². The van der Waals surface area contributed by atoms with Crippen LogP contribution >= 0.6 is 11.3 Å². The topological polar surface area (TPSA) is 100 Å². The van der Waals surface area contributed by atoms with Crippen LogP contribution in [0.15, 0.2) is 91.3 Å². The number of carbonyl (C=O) groups is 3. The van der Waals surface area contributed by atoms with Gasteiger partial charge in [0.15, 0.2) is 11.6 Å². The first kappa shape index (κ1) is 35.8. The summed E-state index contributed by atoms with van der Waals surface area (Å²) in [6.07, 6.45) is 5.68. The van der Waals surface area contributed by atoms with Crippen LogP contribution < -0.4 is 0 Å². The van der Waals surface area contributed by atoms with Gasteiger partial charge in [0.25, 0.3) is 0 Å². The van der Waals surface area contributed by atoms with Crippen molar-refractivity contribution in [3.05, 3.63) is 118 Å². The third-order valence-corrected chi connectivity index (χ3v) is 10.9. The van der Waals surface area contributed by atoms with Crippen LogP contribution in [0.3, 0.4) is 0 Å². The van der Waals surface area contributed by atoms with E-state index in [0.717, 1.165) is 40.0 Å². The Morgan fingerprint density at radius 3 is 2.08 bits per heavy atom. The lowest BCUT2D eigenvalue weighted by Gasteiger charge is -2.38. The zero-order chi connectivity index (χ0) is 36.3. The normalized spacial score (nSPS) is 13.9. The lowest BCUT2D eigenvalue weighted by atomic mass is 9.89. The van der Waals surface area contributed by atoms with E-state index in [4.69, 9.17) is 0 Å². The molecule has 1 atom stereocenters. The molecule has 2 aromatic heterocycles. The van der Waals surface area contributed by atoms with Crippen LogP contribution in [-0.2, 0) is 27.8 Å². The number of aryl methyl sites for hydroxylation is 1. The van der Waals surface area contributed by atoms with Gasteiger partial charge in [-0.05, 0) is 58.7 Å². The number of rotatable bonds is 12. The summed E-state index contributed by atoms with van der Waals surface area (Å²) < 4.78 is 15.3. The zero-order valence-electron chi connectivity index (χ0n) is 29.4. The lowest BCUT2D eigenvalue weighted by molar-refractivity contribution is -0.154. The van der Waals surface area contributed by atoms with Gasteiger partial charge in [0, 0.05) is 59.4 Å². The first-order valence-corrected chi connectivity index (χ1v) is 18.2. The van der Waals surface area contributed by atoms with Crippen molar-refractivity contribution in [3.63, 3.8) is 0 Å². The second kappa shape index (κ2) is 15.1. The van der Waals surface area contributed by atoms with Crippen molar-refractivity contribution >= 4 is 29.0 Å². The highest BCUT2D eigenvalue weighted by molar-refractivity contribution is 7.14. The Bertz CT molecular complexity index is 2030. The van der Waals surface area contributed by atoms with Gasteiger partial charge < -0.3 is 10.0 Å². The molecule has 1 aliphatic heterocycles. The number of nitrogens with zero attached hydrogens (tertiary/aromatic N) is 3. The van der Waals surface area contributed by atoms with E-state index in [-0.39, 0.29) is 42.4 Å². The number of aliphatic carboxylic acids is 1. The molecule has 51 heavy (non-hydrogen) atoms. The molecule has 6 rings (SSSR count). The molecule has 0 saturated carbocycles. The molecule has 0 radical (unpaired) electrons. The number of carboxylic acid groups (broad SMARTS) is 1. The second-order valence-corrected chi connectivity index (χ2v) is 15.4. The zero-order valence-corrected chi connectivity index (χ0v) is 30.2. The molecule has 1 amide bonds. The largest absolute Gasteiger partial charge is 0.481 e. The summed E-state index contributed by atoms with van der Waals surface area (Å²) in [6, 6.07) is 24.7. The summed E-state index contributed by atoms with van der Waals surface area (Å²) >= 11 is 1.45. The maximum atomic E-state index is 15.3. The molecule has 1 saturated heterocycles. The van der Waals surface area contributed by atoms with E-state index in [0.29, 0.717) is 28.2 Å². The SMILES string of the molecule is CCCc1ccc(-c2ccc(-c3cnc(-c4ccc(C[C@H](CC(=O)c5ccc(C(C)(C)C)s5)C(=O)N5CC(C(=O)O)C5)cc4)nc3)c(F)c2)cc1. The number of ketones is 1. The second-order valence-electron chi connectivity index (χ2n) is 14.4. The molecule has 0 bridgehead atoms. The molecule has 1 N–H and O–H groups in total. The molecule has 3 heterocycles. The Kier molecular flexibility index (Phi) is 10.6. The van der Waals surface area contributed by atoms with E-state index in [1.807, 2.05) is 54.6 Å². The number of carboxylic acids is 1. The molecule has 5 aromatic rings. The van der Waals surface area contributed by atoms with E-state index in [1.54, 1.807) is 24.5 Å². The Morgan fingerprint density at radius 1 is 0.863 bits per heavy atom. The first-order chi connectivity index (χ1) is 24.4. The van der Waals surface area contributed by atoms with Crippen molar-refractivity contribution in [1.82, 2.24) is 14.9 Å². The van der Waals surface area contributed by atoms with E-state index >= 15 is 4.39 Å². The molecule has 1 aliphatic rings. The van der Waals surface area contributed by atoms with Crippen LogP contribution in [-0.4, -0.2) is 50.7 Å². The van der Waals surface area contributed by atoms with Gasteiger partial charge in [-0.1, -0.05) is 94.8 Å². The van der Waals surface area contributed by atoms with Crippen LogP contribution in [0.2, 0.25) is 0 Å². The summed E-state index contributed by atoms with van der Waals surface area (Å²) in [4.78, 5) is 50.6. The fourth-order valence-corrected chi connectivity index (χ4v) is 7.32.